The van der Waals surface area contributed by atoms with E-state index in [0.29, 0.717) is 44.6 Å². The first-order valence-corrected chi connectivity index (χ1v) is 16.8. The Morgan fingerprint density at radius 3 is 2.27 bits per heavy atom. The van der Waals surface area contributed by atoms with E-state index in [4.69, 9.17) is 9.72 Å². The molecule has 3 fully saturated rings. The van der Waals surface area contributed by atoms with E-state index in [2.05, 4.69) is 61.9 Å². The number of piperidine rings is 2. The number of halogens is 2. The number of carbonyl (C=O) groups excluding carboxylic acids is 2. The minimum atomic E-state index is 0.130. The molecule has 0 saturated carbocycles. The van der Waals surface area contributed by atoms with E-state index in [1.165, 1.54) is 32.4 Å². The molecule has 0 bridgehead atoms. The number of ether oxygens (including phenoxy) is 1. The quantitative estimate of drug-likeness (QED) is 0.401. The average Bonchev–Trinajstić information content (AvgIpc) is 3.14. The largest absolute Gasteiger partial charge is 0.378 e. The molecular formula is C32H40Br2N4O3. The molecule has 0 unspecified atom stereocenters. The summed E-state index contributed by atoms with van der Waals surface area (Å²) < 4.78 is 7.61. The summed E-state index contributed by atoms with van der Waals surface area (Å²) in [5.74, 6) is 1.31. The minimum Gasteiger partial charge on any atom is -0.378 e. The van der Waals surface area contributed by atoms with E-state index in [9.17, 15) is 9.59 Å². The molecule has 7 nitrogen and oxygen atoms in total. The molecule has 3 aliphatic heterocycles. The number of aryl methyl sites for hydroxylation is 3. The Hall–Kier alpha value is -1.97. The predicted octanol–water partition coefficient (Wildman–Crippen LogP) is 5.94. The first kappa shape index (κ1) is 29.1. The maximum atomic E-state index is 13.4. The highest BCUT2D eigenvalue weighted by Gasteiger charge is 2.37. The molecule has 4 heterocycles. The lowest BCUT2D eigenvalue weighted by molar-refractivity contribution is -0.134. The van der Waals surface area contributed by atoms with Crippen LogP contribution in [0.25, 0.3) is 0 Å². The van der Waals surface area contributed by atoms with E-state index in [0.717, 1.165) is 69.2 Å². The van der Waals surface area contributed by atoms with Gasteiger partial charge in [-0.3, -0.25) is 9.78 Å². The average molecular weight is 689 g/mol. The number of hydrogen-bond acceptors (Lipinski definition) is 4. The normalized spacial score (nSPS) is 22.2. The van der Waals surface area contributed by atoms with E-state index in [1.54, 1.807) is 0 Å². The van der Waals surface area contributed by atoms with Gasteiger partial charge in [0, 0.05) is 66.7 Å². The van der Waals surface area contributed by atoms with Crippen molar-refractivity contribution in [1.82, 2.24) is 19.7 Å². The van der Waals surface area contributed by atoms with Crippen LogP contribution in [0.1, 0.15) is 66.0 Å². The molecule has 6 rings (SSSR count). The number of benzene rings is 1. The molecule has 41 heavy (non-hydrogen) atoms. The summed E-state index contributed by atoms with van der Waals surface area (Å²) in [4.78, 5) is 37.2. The van der Waals surface area contributed by atoms with E-state index in [1.807, 2.05) is 16.0 Å². The number of hydrogen-bond donors (Lipinski definition) is 0. The van der Waals surface area contributed by atoms with Crippen molar-refractivity contribution in [3.63, 3.8) is 0 Å². The summed E-state index contributed by atoms with van der Waals surface area (Å²) in [5, 5.41) is 0. The second-order valence-electron chi connectivity index (χ2n) is 12.2. The number of rotatable bonds is 3. The van der Waals surface area contributed by atoms with Gasteiger partial charge in [-0.2, -0.15) is 0 Å². The SMILES string of the molecule is Cc1cc(Br)c2c(c1)CCc1cc(Br)cnc1[C@@H]2C1CCN(C(=O)CC2CCN(C(=O)N3CCOCC3)CC2)CC1. The third kappa shape index (κ3) is 6.37. The Kier molecular flexibility index (Phi) is 9.03. The van der Waals surface area contributed by atoms with Gasteiger partial charge in [0.15, 0.2) is 0 Å². The highest BCUT2D eigenvalue weighted by atomic mass is 79.9. The molecule has 1 atom stereocenters. The van der Waals surface area contributed by atoms with Crippen molar-refractivity contribution in [2.45, 2.75) is 57.8 Å². The topological polar surface area (TPSA) is 66.0 Å². The summed E-state index contributed by atoms with van der Waals surface area (Å²) in [6.45, 7) is 7.87. The number of pyridine rings is 1. The fourth-order valence-corrected chi connectivity index (χ4v) is 8.60. The molecule has 4 aliphatic rings. The Bertz CT molecular complexity index is 1280. The summed E-state index contributed by atoms with van der Waals surface area (Å²) in [6.07, 6.45) is 8.34. The van der Waals surface area contributed by atoms with Crippen LogP contribution in [0, 0.1) is 18.8 Å². The first-order chi connectivity index (χ1) is 19.9. The van der Waals surface area contributed by atoms with E-state index in [-0.39, 0.29) is 17.9 Å². The lowest BCUT2D eigenvalue weighted by Gasteiger charge is -2.39. The molecule has 0 spiro atoms. The van der Waals surface area contributed by atoms with Crippen LogP contribution in [0.3, 0.4) is 0 Å². The van der Waals surface area contributed by atoms with Gasteiger partial charge in [0.05, 0.1) is 18.9 Å². The Labute approximate surface area is 260 Å². The number of morpholine rings is 1. The molecular weight excluding hydrogens is 648 g/mol. The van der Waals surface area contributed by atoms with Crippen molar-refractivity contribution in [2.24, 2.45) is 11.8 Å². The Morgan fingerprint density at radius 2 is 1.54 bits per heavy atom. The molecule has 0 radical (unpaired) electrons. The molecule has 3 amide bonds. The van der Waals surface area contributed by atoms with Gasteiger partial charge in [0.2, 0.25) is 5.91 Å². The van der Waals surface area contributed by atoms with Crippen LogP contribution < -0.4 is 0 Å². The van der Waals surface area contributed by atoms with Crippen LogP contribution in [0.4, 0.5) is 4.79 Å². The number of urea groups is 1. The van der Waals surface area contributed by atoms with Crippen molar-refractivity contribution in [3.05, 3.63) is 61.3 Å². The summed E-state index contributed by atoms with van der Waals surface area (Å²) >= 11 is 7.58. The van der Waals surface area contributed by atoms with Crippen LogP contribution in [0.5, 0.6) is 0 Å². The van der Waals surface area contributed by atoms with E-state index >= 15 is 0 Å². The van der Waals surface area contributed by atoms with E-state index < -0.39 is 0 Å². The minimum absolute atomic E-state index is 0.130. The summed E-state index contributed by atoms with van der Waals surface area (Å²) in [6, 6.07) is 6.98. The van der Waals surface area contributed by atoms with Gasteiger partial charge >= 0.3 is 6.03 Å². The molecule has 9 heteroatoms. The van der Waals surface area contributed by atoms with Crippen molar-refractivity contribution in [2.75, 3.05) is 52.5 Å². The van der Waals surface area contributed by atoms with Gasteiger partial charge in [-0.1, -0.05) is 22.0 Å². The zero-order valence-corrected chi connectivity index (χ0v) is 27.1. The fraction of sp³-hybridized carbons (Fsp3) is 0.594. The number of likely N-dealkylation sites (tertiary alicyclic amines) is 2. The highest BCUT2D eigenvalue weighted by molar-refractivity contribution is 9.10. The summed E-state index contributed by atoms with van der Waals surface area (Å²) in [5.41, 5.74) is 6.65. The molecule has 2 aromatic rings. The fourth-order valence-electron chi connectivity index (χ4n) is 7.36. The van der Waals surface area contributed by atoms with Crippen molar-refractivity contribution >= 4 is 43.8 Å². The van der Waals surface area contributed by atoms with Gasteiger partial charge < -0.3 is 19.4 Å². The van der Waals surface area contributed by atoms with Crippen LogP contribution in [-0.2, 0) is 22.4 Å². The molecule has 1 aromatic carbocycles. The Balaban J connectivity index is 1.08. The van der Waals surface area contributed by atoms with Gasteiger partial charge in [-0.05, 0) is 108 Å². The summed E-state index contributed by atoms with van der Waals surface area (Å²) in [7, 11) is 0. The standard InChI is InChI=1S/C32H40Br2N4O3/c1-21-16-24-2-3-25-19-26(33)20-35-31(25)30(29(24)27(34)17-21)23-6-10-36(11-7-23)28(39)18-22-4-8-37(9-5-22)32(40)38-12-14-41-15-13-38/h16-17,19-20,22-23,30H,2-15,18H2,1H3/t30-/m1/s1. The van der Waals surface area contributed by atoms with Crippen LogP contribution in [0.15, 0.2) is 33.3 Å². The second kappa shape index (κ2) is 12.7. The van der Waals surface area contributed by atoms with Crippen LogP contribution in [0.2, 0.25) is 0 Å². The second-order valence-corrected chi connectivity index (χ2v) is 14.0. The third-order valence-corrected chi connectivity index (χ3v) is 10.7. The number of amides is 3. The Morgan fingerprint density at radius 1 is 0.878 bits per heavy atom. The monoisotopic (exact) mass is 686 g/mol. The number of carbonyl (C=O) groups is 2. The molecule has 1 aromatic heterocycles. The zero-order valence-electron chi connectivity index (χ0n) is 23.9. The number of fused-ring (bicyclic) bond motifs is 2. The first-order valence-electron chi connectivity index (χ1n) is 15.2. The van der Waals surface area contributed by atoms with Gasteiger partial charge in [0.25, 0.3) is 0 Å². The van der Waals surface area contributed by atoms with Gasteiger partial charge in [-0.25, -0.2) is 4.79 Å². The van der Waals surface area contributed by atoms with Crippen molar-refractivity contribution in [3.8, 4) is 0 Å². The van der Waals surface area contributed by atoms with Gasteiger partial charge in [-0.15, -0.1) is 0 Å². The molecule has 3 saturated heterocycles. The highest BCUT2D eigenvalue weighted by Crippen LogP contribution is 2.45. The van der Waals surface area contributed by atoms with Crippen LogP contribution >= 0.6 is 31.9 Å². The lowest BCUT2D eigenvalue weighted by atomic mass is 9.76. The van der Waals surface area contributed by atoms with Crippen LogP contribution in [-0.4, -0.2) is 84.1 Å². The molecule has 0 N–H and O–H groups in total. The third-order valence-electron chi connectivity index (χ3n) is 9.59. The predicted molar refractivity (Wildman–Crippen MR) is 166 cm³/mol. The smallest absolute Gasteiger partial charge is 0.320 e. The molecule has 220 valence electrons. The van der Waals surface area contributed by atoms with Gasteiger partial charge in [0.1, 0.15) is 0 Å². The zero-order chi connectivity index (χ0) is 28.5. The number of aromatic nitrogens is 1. The number of nitrogens with zero attached hydrogens (tertiary/aromatic N) is 4. The van der Waals surface area contributed by atoms with Crippen molar-refractivity contribution in [1.29, 1.82) is 0 Å². The maximum absolute atomic E-state index is 13.4. The lowest BCUT2D eigenvalue weighted by Crippen LogP contribution is -2.50. The molecule has 1 aliphatic carbocycles. The van der Waals surface area contributed by atoms with Crippen molar-refractivity contribution < 1.29 is 14.3 Å². The maximum Gasteiger partial charge on any atom is 0.320 e.